The molecule has 0 heterocycles. The van der Waals surface area contributed by atoms with Crippen LogP contribution in [-0.4, -0.2) is 12.3 Å². The number of esters is 1. The first-order valence-electron chi connectivity index (χ1n) is 5.77. The molecule has 2 atom stereocenters. The molecule has 1 aromatic carbocycles. The minimum absolute atomic E-state index is 0.249. The van der Waals surface area contributed by atoms with Crippen LogP contribution in [-0.2, 0) is 20.9 Å². The normalized spacial score (nSPS) is 13.8. The first-order valence-corrected chi connectivity index (χ1v) is 5.77. The molecule has 1 aromatic rings. The molecule has 0 bridgehead atoms. The van der Waals surface area contributed by atoms with Gasteiger partial charge >= 0.3 is 5.97 Å². The Bertz CT molecular complexity index is 359. The molecule has 91 valence electrons. The van der Waals surface area contributed by atoms with E-state index < -0.39 is 5.92 Å². The first-order chi connectivity index (χ1) is 8.19. The number of benzene rings is 1. The molecular weight excluding hydrogens is 216 g/mol. The maximum atomic E-state index is 11.7. The van der Waals surface area contributed by atoms with E-state index in [4.69, 9.17) is 4.74 Å². The minimum atomic E-state index is -0.429. The molecule has 0 aliphatic carbocycles. The van der Waals surface area contributed by atoms with Gasteiger partial charge in [0, 0.05) is 5.92 Å². The van der Waals surface area contributed by atoms with E-state index >= 15 is 0 Å². The Morgan fingerprint density at radius 2 is 2.00 bits per heavy atom. The van der Waals surface area contributed by atoms with Gasteiger partial charge < -0.3 is 4.74 Å². The fraction of sp³-hybridized carbons (Fsp3) is 0.429. The molecule has 0 saturated carbocycles. The summed E-state index contributed by atoms with van der Waals surface area (Å²) < 4.78 is 5.16. The van der Waals surface area contributed by atoms with Crippen LogP contribution in [0.4, 0.5) is 0 Å². The number of carbonyl (C=O) groups is 1. The lowest BCUT2D eigenvalue weighted by Gasteiger charge is -2.15. The summed E-state index contributed by atoms with van der Waals surface area (Å²) in [4.78, 5) is 22.3. The second kappa shape index (κ2) is 6.84. The largest absolute Gasteiger partial charge is 0.461 e. The third-order valence-corrected chi connectivity index (χ3v) is 2.79. The highest BCUT2D eigenvalue weighted by atomic mass is 16.5. The molecule has 0 aliphatic heterocycles. The van der Waals surface area contributed by atoms with Crippen LogP contribution in [0.25, 0.3) is 0 Å². The van der Waals surface area contributed by atoms with E-state index in [0.29, 0.717) is 6.42 Å². The Morgan fingerprint density at radius 1 is 1.35 bits per heavy atom. The molecule has 17 heavy (non-hydrogen) atoms. The Labute approximate surface area is 102 Å². The Hall–Kier alpha value is -1.64. The Morgan fingerprint density at radius 3 is 2.53 bits per heavy atom. The highest BCUT2D eigenvalue weighted by Gasteiger charge is 2.24. The lowest BCUT2D eigenvalue weighted by Crippen LogP contribution is -2.23. The molecule has 0 N–H and O–H groups in total. The smallest absolute Gasteiger partial charge is 0.309 e. The van der Waals surface area contributed by atoms with E-state index in [2.05, 4.69) is 0 Å². The van der Waals surface area contributed by atoms with E-state index in [1.165, 1.54) is 0 Å². The number of carbonyl (C=O) groups excluding carboxylic acids is 2. The van der Waals surface area contributed by atoms with Crippen LogP contribution < -0.4 is 0 Å². The van der Waals surface area contributed by atoms with Crippen molar-refractivity contribution in [3.63, 3.8) is 0 Å². The van der Waals surface area contributed by atoms with Crippen molar-refractivity contribution in [2.75, 3.05) is 0 Å². The summed E-state index contributed by atoms with van der Waals surface area (Å²) in [7, 11) is 0. The summed E-state index contributed by atoms with van der Waals surface area (Å²) in [6.45, 7) is 3.81. The van der Waals surface area contributed by atoms with E-state index in [1.54, 1.807) is 6.92 Å². The summed E-state index contributed by atoms with van der Waals surface area (Å²) in [6, 6.07) is 9.46. The van der Waals surface area contributed by atoms with Crippen LogP contribution in [0.1, 0.15) is 25.8 Å². The Balaban J connectivity index is 2.47. The highest BCUT2D eigenvalue weighted by molar-refractivity contribution is 5.76. The summed E-state index contributed by atoms with van der Waals surface area (Å²) in [5.41, 5.74) is 0.941. The molecule has 1 radical (unpaired) electrons. The van der Waals surface area contributed by atoms with Crippen LogP contribution >= 0.6 is 0 Å². The third-order valence-electron chi connectivity index (χ3n) is 2.79. The molecule has 0 amide bonds. The SMILES string of the molecule is CCC([C]=O)C(C)C(=O)OCc1ccccc1. The maximum absolute atomic E-state index is 11.7. The molecule has 0 aliphatic rings. The summed E-state index contributed by atoms with van der Waals surface area (Å²) in [5, 5.41) is 0. The van der Waals surface area contributed by atoms with E-state index in [1.807, 2.05) is 43.5 Å². The summed E-state index contributed by atoms with van der Waals surface area (Å²) in [5.74, 6) is -1.15. The van der Waals surface area contributed by atoms with Gasteiger partial charge in [0.25, 0.3) is 0 Å². The van der Waals surface area contributed by atoms with Crippen LogP contribution in [0, 0.1) is 11.8 Å². The highest BCUT2D eigenvalue weighted by Crippen LogP contribution is 2.15. The first kappa shape index (κ1) is 13.4. The van der Waals surface area contributed by atoms with Gasteiger partial charge in [-0.2, -0.15) is 0 Å². The quantitative estimate of drug-likeness (QED) is 0.709. The average molecular weight is 233 g/mol. The summed E-state index contributed by atoms with van der Waals surface area (Å²) >= 11 is 0. The molecule has 3 heteroatoms. The van der Waals surface area contributed by atoms with Gasteiger partial charge in [0.05, 0.1) is 5.92 Å². The van der Waals surface area contributed by atoms with Gasteiger partial charge in [-0.05, 0) is 12.0 Å². The monoisotopic (exact) mass is 233 g/mol. The van der Waals surface area contributed by atoms with Gasteiger partial charge in [0.15, 0.2) is 0 Å². The molecule has 3 nitrogen and oxygen atoms in total. The standard InChI is InChI=1S/C14H17O3/c1-3-13(9-15)11(2)14(16)17-10-12-7-5-4-6-8-12/h4-8,11,13H,3,10H2,1-2H3. The molecule has 1 rings (SSSR count). The third kappa shape index (κ3) is 4.02. The van der Waals surface area contributed by atoms with Crippen molar-refractivity contribution in [2.24, 2.45) is 11.8 Å². The van der Waals surface area contributed by atoms with Crippen LogP contribution in [0.2, 0.25) is 0 Å². The second-order valence-electron chi connectivity index (χ2n) is 4.01. The predicted molar refractivity (Wildman–Crippen MR) is 64.9 cm³/mol. The lowest BCUT2D eigenvalue weighted by molar-refractivity contribution is -0.150. The van der Waals surface area contributed by atoms with Gasteiger partial charge in [0.1, 0.15) is 6.61 Å². The van der Waals surface area contributed by atoms with Crippen molar-refractivity contribution in [1.82, 2.24) is 0 Å². The average Bonchev–Trinajstić information content (AvgIpc) is 2.38. The van der Waals surface area contributed by atoms with Gasteiger partial charge in [0.2, 0.25) is 6.29 Å². The predicted octanol–water partition coefficient (Wildman–Crippen LogP) is 2.50. The van der Waals surface area contributed by atoms with Crippen molar-refractivity contribution in [3.05, 3.63) is 35.9 Å². The van der Waals surface area contributed by atoms with E-state index in [9.17, 15) is 9.59 Å². The summed E-state index contributed by atoms with van der Waals surface area (Å²) in [6.07, 6.45) is 2.48. The molecule has 0 saturated heterocycles. The van der Waals surface area contributed by atoms with Crippen molar-refractivity contribution in [1.29, 1.82) is 0 Å². The zero-order valence-corrected chi connectivity index (χ0v) is 10.2. The van der Waals surface area contributed by atoms with Crippen LogP contribution in [0.5, 0.6) is 0 Å². The van der Waals surface area contributed by atoms with Gasteiger partial charge in [-0.25, -0.2) is 0 Å². The number of ether oxygens (including phenoxy) is 1. The van der Waals surface area contributed by atoms with Crippen molar-refractivity contribution in [3.8, 4) is 0 Å². The molecule has 2 unspecified atom stereocenters. The van der Waals surface area contributed by atoms with Gasteiger partial charge in [-0.15, -0.1) is 0 Å². The zero-order valence-electron chi connectivity index (χ0n) is 10.2. The lowest BCUT2D eigenvalue weighted by atomic mass is 9.93. The van der Waals surface area contributed by atoms with Crippen LogP contribution in [0.3, 0.4) is 0 Å². The fourth-order valence-electron chi connectivity index (χ4n) is 1.56. The second-order valence-corrected chi connectivity index (χ2v) is 4.01. The van der Waals surface area contributed by atoms with E-state index in [0.717, 1.165) is 5.56 Å². The van der Waals surface area contributed by atoms with Gasteiger partial charge in [-0.3, -0.25) is 9.59 Å². The molecular formula is C14H17O3. The number of hydrogen-bond donors (Lipinski definition) is 0. The van der Waals surface area contributed by atoms with Gasteiger partial charge in [-0.1, -0.05) is 44.2 Å². The Kier molecular flexibility index (Phi) is 5.40. The van der Waals surface area contributed by atoms with E-state index in [-0.39, 0.29) is 18.5 Å². The number of hydrogen-bond acceptors (Lipinski definition) is 3. The van der Waals surface area contributed by atoms with Crippen molar-refractivity contribution < 1.29 is 14.3 Å². The van der Waals surface area contributed by atoms with Crippen molar-refractivity contribution in [2.45, 2.75) is 26.9 Å². The number of rotatable bonds is 6. The fourth-order valence-corrected chi connectivity index (χ4v) is 1.56. The molecule has 0 fully saturated rings. The van der Waals surface area contributed by atoms with Crippen molar-refractivity contribution >= 4 is 12.3 Å². The minimum Gasteiger partial charge on any atom is -0.461 e. The topological polar surface area (TPSA) is 43.4 Å². The molecule has 0 spiro atoms. The molecule has 0 aromatic heterocycles. The maximum Gasteiger partial charge on any atom is 0.309 e. The van der Waals surface area contributed by atoms with Crippen LogP contribution in [0.15, 0.2) is 30.3 Å². The zero-order chi connectivity index (χ0) is 12.7.